The summed E-state index contributed by atoms with van der Waals surface area (Å²) in [6.07, 6.45) is 0.838. The largest absolute Gasteiger partial charge is 0.350 e. The first kappa shape index (κ1) is 19.5. The van der Waals surface area contributed by atoms with Crippen molar-refractivity contribution in [2.75, 3.05) is 6.54 Å². The molecule has 1 amide bonds. The minimum atomic E-state index is -0.565. The van der Waals surface area contributed by atoms with Gasteiger partial charge in [-0.3, -0.25) is 9.59 Å². The number of nitrogens with zero attached hydrogens (tertiary/aromatic N) is 2. The Labute approximate surface area is 162 Å². The molecule has 0 saturated heterocycles. The van der Waals surface area contributed by atoms with Crippen molar-refractivity contribution >= 4 is 5.91 Å². The van der Waals surface area contributed by atoms with E-state index in [0.29, 0.717) is 12.2 Å². The Bertz CT molecular complexity index is 1030. The van der Waals surface area contributed by atoms with Crippen LogP contribution in [0.15, 0.2) is 65.5 Å². The van der Waals surface area contributed by atoms with Gasteiger partial charge in [0, 0.05) is 24.2 Å². The van der Waals surface area contributed by atoms with Gasteiger partial charge >= 0.3 is 0 Å². The highest BCUT2D eigenvalue weighted by atomic mass is 19.1. The Balaban J connectivity index is 1.85. The van der Waals surface area contributed by atoms with Gasteiger partial charge in [-0.25, -0.2) is 9.07 Å². The molecule has 0 radical (unpaired) electrons. The van der Waals surface area contributed by atoms with Crippen LogP contribution in [-0.4, -0.2) is 22.2 Å². The van der Waals surface area contributed by atoms with Crippen molar-refractivity contribution in [1.82, 2.24) is 15.1 Å². The number of benzene rings is 2. The van der Waals surface area contributed by atoms with E-state index in [1.54, 1.807) is 25.1 Å². The molecule has 1 unspecified atom stereocenters. The van der Waals surface area contributed by atoms with E-state index in [9.17, 15) is 14.0 Å². The van der Waals surface area contributed by atoms with Gasteiger partial charge in [-0.15, -0.1) is 0 Å². The van der Waals surface area contributed by atoms with Crippen LogP contribution in [0.1, 0.15) is 41.0 Å². The van der Waals surface area contributed by atoms with E-state index in [1.165, 1.54) is 16.8 Å². The molecule has 2 aromatic carbocycles. The number of carbonyl (C=O) groups excluding carboxylic acids is 1. The fourth-order valence-corrected chi connectivity index (χ4v) is 3.09. The summed E-state index contributed by atoms with van der Waals surface area (Å²) in [6, 6.07) is 17.2. The Morgan fingerprint density at radius 3 is 2.50 bits per heavy atom. The number of nitrogens with one attached hydrogen (secondary N) is 1. The molecule has 3 rings (SSSR count). The van der Waals surface area contributed by atoms with Crippen LogP contribution in [-0.2, 0) is 0 Å². The van der Waals surface area contributed by atoms with E-state index in [0.717, 1.165) is 12.0 Å². The second kappa shape index (κ2) is 8.61. The quantitative estimate of drug-likeness (QED) is 0.712. The number of hydrogen-bond acceptors (Lipinski definition) is 3. The van der Waals surface area contributed by atoms with Crippen molar-refractivity contribution in [3.63, 3.8) is 0 Å². The number of rotatable bonds is 6. The average Bonchev–Trinajstić information content (AvgIpc) is 2.70. The highest BCUT2D eigenvalue weighted by Crippen LogP contribution is 2.18. The summed E-state index contributed by atoms with van der Waals surface area (Å²) in [5.74, 6) is -0.919. The molecular weight excluding hydrogens is 357 g/mol. The van der Waals surface area contributed by atoms with Crippen LogP contribution >= 0.6 is 0 Å². The summed E-state index contributed by atoms with van der Waals surface area (Å²) in [5.41, 5.74) is 1.00. The topological polar surface area (TPSA) is 64.0 Å². The van der Waals surface area contributed by atoms with Gasteiger partial charge in [0.25, 0.3) is 5.91 Å². The molecule has 5 nitrogen and oxygen atoms in total. The van der Waals surface area contributed by atoms with Crippen molar-refractivity contribution < 1.29 is 9.18 Å². The molecule has 1 heterocycles. The molecular formula is C22H22FN3O2. The second-order valence-electron chi connectivity index (χ2n) is 6.59. The van der Waals surface area contributed by atoms with E-state index in [4.69, 9.17) is 0 Å². The summed E-state index contributed by atoms with van der Waals surface area (Å²) < 4.78 is 15.4. The van der Waals surface area contributed by atoms with Crippen molar-refractivity contribution in [2.45, 2.75) is 26.2 Å². The Morgan fingerprint density at radius 1 is 1.14 bits per heavy atom. The Kier molecular flexibility index (Phi) is 5.99. The zero-order chi connectivity index (χ0) is 20.1. The molecule has 0 aliphatic rings. The van der Waals surface area contributed by atoms with Crippen LogP contribution in [0.25, 0.3) is 5.69 Å². The van der Waals surface area contributed by atoms with E-state index in [-0.39, 0.29) is 17.3 Å². The lowest BCUT2D eigenvalue weighted by Gasteiger charge is -2.16. The molecule has 144 valence electrons. The van der Waals surface area contributed by atoms with Crippen molar-refractivity contribution in [2.24, 2.45) is 0 Å². The number of halogens is 1. The van der Waals surface area contributed by atoms with E-state index in [2.05, 4.69) is 10.4 Å². The lowest BCUT2D eigenvalue weighted by atomic mass is 9.96. The van der Waals surface area contributed by atoms with Crippen LogP contribution in [0.4, 0.5) is 4.39 Å². The number of aromatic nitrogens is 2. The van der Waals surface area contributed by atoms with Crippen LogP contribution in [0.5, 0.6) is 0 Å². The first-order valence-corrected chi connectivity index (χ1v) is 9.20. The first-order valence-electron chi connectivity index (χ1n) is 9.20. The molecule has 0 bridgehead atoms. The monoisotopic (exact) mass is 379 g/mol. The smallest absolute Gasteiger partial charge is 0.275 e. The predicted octanol–water partition coefficient (Wildman–Crippen LogP) is 3.60. The maximum absolute atomic E-state index is 14.1. The van der Waals surface area contributed by atoms with Gasteiger partial charge in [0.15, 0.2) is 5.69 Å². The number of para-hydroxylation sites is 1. The number of amides is 1. The summed E-state index contributed by atoms with van der Waals surface area (Å²) in [6.45, 7) is 4.07. The van der Waals surface area contributed by atoms with Crippen LogP contribution < -0.4 is 10.7 Å². The summed E-state index contributed by atoms with van der Waals surface area (Å²) in [4.78, 5) is 24.9. The van der Waals surface area contributed by atoms with Gasteiger partial charge in [-0.05, 0) is 31.0 Å². The molecule has 0 saturated carbocycles. The maximum Gasteiger partial charge on any atom is 0.275 e. The standard InChI is InChI=1S/C22H22FN3O2/c1-3-16(17-9-5-4-6-10-17)14-24-22(28)21-20(27)13-15(2)26(25-21)19-12-8-7-11-18(19)23/h4-13,16H,3,14H2,1-2H3,(H,24,28). The summed E-state index contributed by atoms with van der Waals surface area (Å²) >= 11 is 0. The third kappa shape index (κ3) is 4.17. The van der Waals surface area contributed by atoms with Crippen LogP contribution in [0.3, 0.4) is 0 Å². The Morgan fingerprint density at radius 2 is 1.82 bits per heavy atom. The van der Waals surface area contributed by atoms with Gasteiger partial charge in [0.05, 0.1) is 0 Å². The van der Waals surface area contributed by atoms with E-state index >= 15 is 0 Å². The zero-order valence-corrected chi connectivity index (χ0v) is 15.9. The van der Waals surface area contributed by atoms with Crippen molar-refractivity contribution in [3.8, 4) is 5.69 Å². The predicted molar refractivity (Wildman–Crippen MR) is 106 cm³/mol. The minimum Gasteiger partial charge on any atom is -0.350 e. The maximum atomic E-state index is 14.1. The highest BCUT2D eigenvalue weighted by molar-refractivity contribution is 5.92. The molecule has 28 heavy (non-hydrogen) atoms. The molecule has 1 aromatic heterocycles. The lowest BCUT2D eigenvalue weighted by Crippen LogP contribution is -2.34. The minimum absolute atomic E-state index is 0.129. The number of hydrogen-bond donors (Lipinski definition) is 1. The SMILES string of the molecule is CCC(CNC(=O)c1nn(-c2ccccc2F)c(C)cc1=O)c1ccccc1. The fraction of sp³-hybridized carbons (Fsp3) is 0.227. The molecule has 0 aliphatic heterocycles. The first-order chi connectivity index (χ1) is 13.5. The molecule has 0 aliphatic carbocycles. The average molecular weight is 379 g/mol. The van der Waals surface area contributed by atoms with Gasteiger partial charge < -0.3 is 5.32 Å². The van der Waals surface area contributed by atoms with E-state index in [1.807, 2.05) is 37.3 Å². The van der Waals surface area contributed by atoms with Crippen molar-refractivity contribution in [1.29, 1.82) is 0 Å². The zero-order valence-electron chi connectivity index (χ0n) is 15.9. The number of aryl methyl sites for hydroxylation is 1. The van der Waals surface area contributed by atoms with Crippen LogP contribution in [0, 0.1) is 12.7 Å². The highest BCUT2D eigenvalue weighted by Gasteiger charge is 2.18. The number of carbonyl (C=O) groups is 1. The molecule has 0 fully saturated rings. The third-order valence-electron chi connectivity index (χ3n) is 4.68. The van der Waals surface area contributed by atoms with Crippen LogP contribution in [0.2, 0.25) is 0 Å². The van der Waals surface area contributed by atoms with Gasteiger partial charge in [0.2, 0.25) is 5.43 Å². The molecule has 3 aromatic rings. The normalized spacial score (nSPS) is 11.8. The second-order valence-corrected chi connectivity index (χ2v) is 6.59. The molecule has 1 N–H and O–H groups in total. The fourth-order valence-electron chi connectivity index (χ4n) is 3.09. The lowest BCUT2D eigenvalue weighted by molar-refractivity contribution is 0.0943. The van der Waals surface area contributed by atoms with Gasteiger partial charge in [-0.1, -0.05) is 49.4 Å². The van der Waals surface area contributed by atoms with Crippen molar-refractivity contribution in [3.05, 3.63) is 93.7 Å². The molecule has 1 atom stereocenters. The van der Waals surface area contributed by atoms with Gasteiger partial charge in [0.1, 0.15) is 11.5 Å². The third-order valence-corrected chi connectivity index (χ3v) is 4.68. The van der Waals surface area contributed by atoms with E-state index < -0.39 is 17.2 Å². The summed E-state index contributed by atoms with van der Waals surface area (Å²) in [7, 11) is 0. The molecule has 6 heteroatoms. The Hall–Kier alpha value is -3.28. The van der Waals surface area contributed by atoms with Gasteiger partial charge in [-0.2, -0.15) is 5.10 Å². The summed E-state index contributed by atoms with van der Waals surface area (Å²) in [5, 5.41) is 6.92. The molecule has 0 spiro atoms.